The molecule has 0 spiro atoms. The number of benzene rings is 1. The van der Waals surface area contributed by atoms with Crippen molar-refractivity contribution in [3.63, 3.8) is 0 Å². The van der Waals surface area contributed by atoms with Gasteiger partial charge in [-0.1, -0.05) is 24.3 Å². The van der Waals surface area contributed by atoms with Gasteiger partial charge in [-0.25, -0.2) is 13.1 Å². The second-order valence-electron chi connectivity index (χ2n) is 4.12. The average Bonchev–Trinajstić information content (AvgIpc) is 2.85. The van der Waals surface area contributed by atoms with Crippen LogP contribution in [0.3, 0.4) is 0 Å². The summed E-state index contributed by atoms with van der Waals surface area (Å²) >= 11 is 1.22. The van der Waals surface area contributed by atoms with Crippen LogP contribution in [0.15, 0.2) is 39.9 Å². The Morgan fingerprint density at radius 2 is 1.94 bits per heavy atom. The molecule has 1 aromatic carbocycles. The van der Waals surface area contributed by atoms with Gasteiger partial charge in [0.1, 0.15) is 4.21 Å². The number of aryl methyl sites for hydroxylation is 1. The number of rotatable bonds is 4. The highest BCUT2D eigenvalue weighted by atomic mass is 32.2. The largest absolute Gasteiger partial charge is 0.250 e. The highest BCUT2D eigenvalue weighted by Gasteiger charge is 2.14. The third-order valence-electron chi connectivity index (χ3n) is 2.93. The summed E-state index contributed by atoms with van der Waals surface area (Å²) in [5.41, 5.74) is 3.31. The molecule has 1 aromatic heterocycles. The molecule has 18 heavy (non-hydrogen) atoms. The summed E-state index contributed by atoms with van der Waals surface area (Å²) in [5.74, 6) is 0. The number of hydrogen-bond donors (Lipinski definition) is 1. The average molecular weight is 281 g/mol. The lowest BCUT2D eigenvalue weighted by atomic mass is 10.0. The minimum absolute atomic E-state index is 0.327. The van der Waals surface area contributed by atoms with E-state index in [0.717, 1.165) is 11.1 Å². The zero-order chi connectivity index (χ0) is 13.2. The van der Waals surface area contributed by atoms with Crippen molar-refractivity contribution >= 4 is 21.4 Å². The fourth-order valence-electron chi connectivity index (χ4n) is 1.66. The van der Waals surface area contributed by atoms with E-state index in [4.69, 9.17) is 0 Å². The zero-order valence-corrected chi connectivity index (χ0v) is 11.9. The lowest BCUT2D eigenvalue weighted by molar-refractivity contribution is 0.583. The molecule has 1 heterocycles. The first-order valence-corrected chi connectivity index (χ1v) is 7.95. The van der Waals surface area contributed by atoms with Gasteiger partial charge in [0.05, 0.1) is 0 Å². The quantitative estimate of drug-likeness (QED) is 0.936. The molecule has 0 aliphatic carbocycles. The van der Waals surface area contributed by atoms with Crippen LogP contribution in [0.5, 0.6) is 0 Å². The van der Waals surface area contributed by atoms with Gasteiger partial charge in [-0.2, -0.15) is 0 Å². The van der Waals surface area contributed by atoms with Crippen LogP contribution in [-0.4, -0.2) is 8.42 Å². The molecular weight excluding hydrogens is 266 g/mol. The van der Waals surface area contributed by atoms with Crippen LogP contribution in [0, 0.1) is 13.8 Å². The Balaban J connectivity index is 2.15. The standard InChI is InChI=1S/C13H15NO2S2/c1-10-5-3-6-12(11(10)2)9-14-18(15,16)13-7-4-8-17-13/h3-8,14H,9H2,1-2H3. The molecule has 0 aliphatic heterocycles. The van der Waals surface area contributed by atoms with Crippen molar-refractivity contribution in [2.45, 2.75) is 24.6 Å². The van der Waals surface area contributed by atoms with Crippen molar-refractivity contribution < 1.29 is 8.42 Å². The molecule has 2 aromatic rings. The van der Waals surface area contributed by atoms with E-state index in [9.17, 15) is 8.42 Å². The predicted octanol–water partition coefficient (Wildman–Crippen LogP) is 2.84. The van der Waals surface area contributed by atoms with Gasteiger partial charge in [0, 0.05) is 6.54 Å². The minimum Gasteiger partial charge on any atom is -0.206 e. The van der Waals surface area contributed by atoms with E-state index in [1.54, 1.807) is 17.5 Å². The topological polar surface area (TPSA) is 46.2 Å². The van der Waals surface area contributed by atoms with E-state index in [-0.39, 0.29) is 0 Å². The van der Waals surface area contributed by atoms with Crippen molar-refractivity contribution in [3.05, 3.63) is 52.4 Å². The Kier molecular flexibility index (Phi) is 3.85. The van der Waals surface area contributed by atoms with Crippen molar-refractivity contribution in [1.29, 1.82) is 0 Å². The van der Waals surface area contributed by atoms with Gasteiger partial charge in [0.15, 0.2) is 0 Å². The highest BCUT2D eigenvalue weighted by molar-refractivity contribution is 7.91. The fourth-order valence-corrected chi connectivity index (χ4v) is 3.71. The molecule has 0 fully saturated rings. The molecule has 96 valence electrons. The minimum atomic E-state index is -3.38. The maximum Gasteiger partial charge on any atom is 0.250 e. The van der Waals surface area contributed by atoms with Crippen LogP contribution in [-0.2, 0) is 16.6 Å². The van der Waals surface area contributed by atoms with Crippen molar-refractivity contribution in [2.24, 2.45) is 0 Å². The molecule has 5 heteroatoms. The first-order chi connectivity index (χ1) is 8.50. The van der Waals surface area contributed by atoms with Crippen LogP contribution in [0.25, 0.3) is 0 Å². The van der Waals surface area contributed by atoms with E-state index in [0.29, 0.717) is 10.8 Å². The first kappa shape index (κ1) is 13.3. The first-order valence-electron chi connectivity index (χ1n) is 5.59. The van der Waals surface area contributed by atoms with Gasteiger partial charge in [-0.05, 0) is 42.0 Å². The molecule has 0 unspecified atom stereocenters. The summed E-state index contributed by atoms with van der Waals surface area (Å²) in [5, 5.41) is 1.76. The van der Waals surface area contributed by atoms with E-state index in [1.165, 1.54) is 16.9 Å². The molecule has 0 saturated carbocycles. The zero-order valence-electron chi connectivity index (χ0n) is 10.3. The molecule has 3 nitrogen and oxygen atoms in total. The number of hydrogen-bond acceptors (Lipinski definition) is 3. The van der Waals surface area contributed by atoms with Crippen LogP contribution in [0.1, 0.15) is 16.7 Å². The molecule has 2 rings (SSSR count). The smallest absolute Gasteiger partial charge is 0.206 e. The lowest BCUT2D eigenvalue weighted by Gasteiger charge is -2.09. The molecule has 0 bridgehead atoms. The molecule has 0 saturated heterocycles. The molecule has 0 radical (unpaired) electrons. The Bertz CT molecular complexity index is 631. The second kappa shape index (κ2) is 5.22. The Labute approximate surface area is 112 Å². The van der Waals surface area contributed by atoms with Gasteiger partial charge in [-0.3, -0.25) is 0 Å². The van der Waals surface area contributed by atoms with E-state index >= 15 is 0 Å². The molecule has 0 aliphatic rings. The summed E-state index contributed by atoms with van der Waals surface area (Å²) in [6.45, 7) is 4.35. The summed E-state index contributed by atoms with van der Waals surface area (Å²) in [6, 6.07) is 9.25. The molecular formula is C13H15NO2S2. The van der Waals surface area contributed by atoms with Gasteiger partial charge in [-0.15, -0.1) is 11.3 Å². The molecule has 0 amide bonds. The maximum atomic E-state index is 12.0. The maximum absolute atomic E-state index is 12.0. The summed E-state index contributed by atoms with van der Waals surface area (Å²) < 4.78 is 26.9. The summed E-state index contributed by atoms with van der Waals surface area (Å²) in [7, 11) is -3.38. The molecule has 0 atom stereocenters. The van der Waals surface area contributed by atoms with E-state index < -0.39 is 10.0 Å². The van der Waals surface area contributed by atoms with Crippen molar-refractivity contribution in [2.75, 3.05) is 0 Å². The lowest BCUT2D eigenvalue weighted by Crippen LogP contribution is -2.22. The fraction of sp³-hybridized carbons (Fsp3) is 0.231. The third kappa shape index (κ3) is 2.80. The molecule has 1 N–H and O–H groups in total. The number of nitrogens with one attached hydrogen (secondary N) is 1. The van der Waals surface area contributed by atoms with Gasteiger partial charge in [0.25, 0.3) is 0 Å². The number of sulfonamides is 1. The predicted molar refractivity (Wildman–Crippen MR) is 74.3 cm³/mol. The monoisotopic (exact) mass is 281 g/mol. The van der Waals surface area contributed by atoms with Crippen molar-refractivity contribution in [1.82, 2.24) is 4.72 Å². The second-order valence-corrected chi connectivity index (χ2v) is 7.06. The Morgan fingerprint density at radius 3 is 2.61 bits per heavy atom. The Hall–Kier alpha value is -1.17. The third-order valence-corrected chi connectivity index (χ3v) is 5.73. The van der Waals surface area contributed by atoms with Crippen LogP contribution >= 0.6 is 11.3 Å². The SMILES string of the molecule is Cc1cccc(CNS(=O)(=O)c2cccs2)c1C. The Morgan fingerprint density at radius 1 is 1.17 bits per heavy atom. The highest BCUT2D eigenvalue weighted by Crippen LogP contribution is 2.17. The summed E-state index contributed by atoms with van der Waals surface area (Å²) in [4.78, 5) is 0. The van der Waals surface area contributed by atoms with Crippen LogP contribution in [0.2, 0.25) is 0 Å². The summed E-state index contributed by atoms with van der Waals surface area (Å²) in [6.07, 6.45) is 0. The van der Waals surface area contributed by atoms with E-state index in [2.05, 4.69) is 4.72 Å². The van der Waals surface area contributed by atoms with Gasteiger partial charge < -0.3 is 0 Å². The van der Waals surface area contributed by atoms with Crippen LogP contribution in [0.4, 0.5) is 0 Å². The normalized spacial score (nSPS) is 11.7. The van der Waals surface area contributed by atoms with Crippen LogP contribution < -0.4 is 4.72 Å². The van der Waals surface area contributed by atoms with Gasteiger partial charge >= 0.3 is 0 Å². The van der Waals surface area contributed by atoms with Crippen molar-refractivity contribution in [3.8, 4) is 0 Å². The number of thiophene rings is 1. The van der Waals surface area contributed by atoms with Gasteiger partial charge in [0.2, 0.25) is 10.0 Å². The van der Waals surface area contributed by atoms with E-state index in [1.807, 2.05) is 32.0 Å².